The molecular weight excluding hydrogens is 856 g/mol. The molecule has 14 nitrogen and oxygen atoms in total. The fourth-order valence-corrected chi connectivity index (χ4v) is 9.96. The van der Waals surface area contributed by atoms with Crippen molar-refractivity contribution in [1.29, 1.82) is 0 Å². The van der Waals surface area contributed by atoms with Crippen molar-refractivity contribution < 1.29 is 38.9 Å². The number of aromatic nitrogens is 2. The fourth-order valence-electron chi connectivity index (χ4n) is 7.81. The van der Waals surface area contributed by atoms with Crippen molar-refractivity contribution in [3.63, 3.8) is 0 Å². The van der Waals surface area contributed by atoms with Crippen molar-refractivity contribution in [2.45, 2.75) is 71.1 Å². The first-order valence-corrected chi connectivity index (χ1v) is 21.1. The zero-order chi connectivity index (χ0) is 40.2. The Kier molecular flexibility index (Phi) is 16.4. The van der Waals surface area contributed by atoms with Gasteiger partial charge in [-0.2, -0.15) is 27.0 Å². The number of aryl methyl sites for hydroxylation is 2. The van der Waals surface area contributed by atoms with Gasteiger partial charge in [-0.05, 0) is 81.0 Å². The van der Waals surface area contributed by atoms with E-state index < -0.39 is 29.9 Å². The number of hydrogen-bond donors (Lipinski definition) is 5. The highest BCUT2D eigenvalue weighted by molar-refractivity contribution is 7.59. The Morgan fingerprint density at radius 2 is 1.31 bits per heavy atom. The monoisotopic (exact) mass is 904 g/mol. The second-order valence-electron chi connectivity index (χ2n) is 14.5. The van der Waals surface area contributed by atoms with Gasteiger partial charge in [-0.25, -0.2) is 9.97 Å². The van der Waals surface area contributed by atoms with Gasteiger partial charge in [0.25, 0.3) is 11.8 Å². The number of benzene rings is 2. The molecule has 0 radical (unpaired) electrons. The van der Waals surface area contributed by atoms with Gasteiger partial charge in [0, 0.05) is 67.1 Å². The summed E-state index contributed by atoms with van der Waals surface area (Å²) in [6.07, 6.45) is 3.28. The lowest BCUT2D eigenvalue weighted by atomic mass is 9.92. The number of rotatable bonds is 14. The second-order valence-corrected chi connectivity index (χ2v) is 17.0. The molecule has 0 unspecified atom stereocenters. The Morgan fingerprint density at radius 3 is 1.86 bits per heavy atom. The molecule has 5 heterocycles. The fraction of sp³-hybridized carbons (Fsp3) is 0.450. The summed E-state index contributed by atoms with van der Waals surface area (Å²) in [5.41, 5.74) is 4.97. The molecule has 2 aromatic carbocycles. The summed E-state index contributed by atoms with van der Waals surface area (Å²) < 4.78 is 10.8. The first-order valence-electron chi connectivity index (χ1n) is 19.0. The molecule has 0 saturated carbocycles. The van der Waals surface area contributed by atoms with E-state index in [4.69, 9.17) is 21.1 Å². The van der Waals surface area contributed by atoms with Gasteiger partial charge >= 0.3 is 11.9 Å². The van der Waals surface area contributed by atoms with E-state index in [0.29, 0.717) is 104 Å². The van der Waals surface area contributed by atoms with Gasteiger partial charge in [-0.3, -0.25) is 29.8 Å². The molecule has 0 bridgehead atoms. The SMILES string of the molecule is Cc1nc(C(=O)Nc2cccc(-c3cccc4c3CCN4C(=O)c3nc(C)c(CN[C@H](C(=O)O)C4CCOCC4)s3)c2Cl)sc1CN[C@H](C(=O)O)C1CCOCC1.S.S. The van der Waals surface area contributed by atoms with E-state index in [-0.39, 0.29) is 56.3 Å². The van der Waals surface area contributed by atoms with E-state index >= 15 is 0 Å². The number of hydrogen-bond acceptors (Lipinski definition) is 12. The zero-order valence-corrected chi connectivity index (χ0v) is 37.0. The molecule has 4 aromatic rings. The van der Waals surface area contributed by atoms with Crippen LogP contribution in [0.4, 0.5) is 11.4 Å². The van der Waals surface area contributed by atoms with Crippen molar-refractivity contribution >= 4 is 96.4 Å². The molecule has 2 fully saturated rings. The Morgan fingerprint density at radius 1 is 0.797 bits per heavy atom. The van der Waals surface area contributed by atoms with Crippen molar-refractivity contribution in [2.24, 2.45) is 11.8 Å². The van der Waals surface area contributed by atoms with Gasteiger partial charge in [0.2, 0.25) is 0 Å². The summed E-state index contributed by atoms with van der Waals surface area (Å²) in [4.78, 5) is 63.9. The molecule has 2 atom stereocenters. The van der Waals surface area contributed by atoms with Crippen LogP contribution in [0.25, 0.3) is 11.1 Å². The topological polar surface area (TPSA) is 192 Å². The maximum Gasteiger partial charge on any atom is 0.320 e. The number of halogens is 1. The number of thiazole rings is 2. The summed E-state index contributed by atoms with van der Waals surface area (Å²) in [6, 6.07) is 9.69. The molecule has 7 rings (SSSR count). The number of carboxylic acids is 2. The summed E-state index contributed by atoms with van der Waals surface area (Å²) in [5, 5.41) is 29.9. The normalized spacial score (nSPS) is 16.7. The van der Waals surface area contributed by atoms with E-state index in [1.807, 2.05) is 37.3 Å². The number of carbonyl (C=O) groups is 4. The molecular formula is C40H49ClN6O8S4. The molecule has 59 heavy (non-hydrogen) atoms. The first-order chi connectivity index (χ1) is 27.5. The average molecular weight is 906 g/mol. The van der Waals surface area contributed by atoms with Crippen LogP contribution in [0.1, 0.15) is 72.0 Å². The Balaban J connectivity index is 0.00000331. The summed E-state index contributed by atoms with van der Waals surface area (Å²) in [6.45, 7) is 6.81. The summed E-state index contributed by atoms with van der Waals surface area (Å²) >= 11 is 9.47. The number of fused-ring (bicyclic) bond motifs is 1. The minimum absolute atomic E-state index is 0. The number of amides is 2. The van der Waals surface area contributed by atoms with Crippen molar-refractivity contribution in [3.8, 4) is 11.1 Å². The van der Waals surface area contributed by atoms with Gasteiger partial charge in [0.1, 0.15) is 12.1 Å². The smallest absolute Gasteiger partial charge is 0.320 e. The molecule has 2 aromatic heterocycles. The molecule has 0 spiro atoms. The van der Waals surface area contributed by atoms with E-state index in [1.54, 1.807) is 17.9 Å². The third kappa shape index (κ3) is 10.5. The predicted octanol–water partition coefficient (Wildman–Crippen LogP) is 6.16. The number of aliphatic carboxylic acids is 2. The number of anilines is 2. The maximum absolute atomic E-state index is 13.9. The number of nitrogens with one attached hydrogen (secondary N) is 3. The maximum atomic E-state index is 13.9. The predicted molar refractivity (Wildman–Crippen MR) is 238 cm³/mol. The average Bonchev–Trinajstić information content (AvgIpc) is 3.92. The molecule has 19 heteroatoms. The minimum Gasteiger partial charge on any atom is -0.480 e. The number of ether oxygens (including phenoxy) is 2. The zero-order valence-electron chi connectivity index (χ0n) is 32.6. The van der Waals surface area contributed by atoms with Gasteiger partial charge in [-0.1, -0.05) is 35.9 Å². The quantitative estimate of drug-likeness (QED) is 0.0971. The van der Waals surface area contributed by atoms with E-state index in [1.165, 1.54) is 22.7 Å². The summed E-state index contributed by atoms with van der Waals surface area (Å²) in [7, 11) is 0. The molecule has 2 saturated heterocycles. The van der Waals surface area contributed by atoms with Crippen molar-refractivity contribution in [1.82, 2.24) is 20.6 Å². The number of carboxylic acid groups (broad SMARTS) is 2. The largest absolute Gasteiger partial charge is 0.480 e. The molecule has 5 N–H and O–H groups in total. The van der Waals surface area contributed by atoms with Crippen LogP contribution in [-0.2, 0) is 38.6 Å². The highest BCUT2D eigenvalue weighted by Gasteiger charge is 2.33. The highest BCUT2D eigenvalue weighted by atomic mass is 35.5. The van der Waals surface area contributed by atoms with Gasteiger partial charge in [0.05, 0.1) is 22.1 Å². The Bertz CT molecular complexity index is 2160. The van der Waals surface area contributed by atoms with Crippen LogP contribution in [0, 0.1) is 25.7 Å². The number of carbonyl (C=O) groups excluding carboxylic acids is 2. The lowest BCUT2D eigenvalue weighted by molar-refractivity contribution is -0.143. The van der Waals surface area contributed by atoms with E-state index in [0.717, 1.165) is 26.6 Å². The van der Waals surface area contributed by atoms with Gasteiger partial charge < -0.3 is 29.9 Å². The third-order valence-electron chi connectivity index (χ3n) is 10.9. The van der Waals surface area contributed by atoms with Crippen LogP contribution >= 0.6 is 61.3 Å². The molecule has 318 valence electrons. The van der Waals surface area contributed by atoms with Crippen LogP contribution in [0.5, 0.6) is 0 Å². The number of nitrogens with zero attached hydrogens (tertiary/aromatic N) is 3. The highest BCUT2D eigenvalue weighted by Crippen LogP contribution is 2.42. The minimum atomic E-state index is -0.910. The standard InChI is InChI=1S/C40H45ClN6O8S2.2H2S/c1-21-30(19-42-33(39(50)51)23-10-15-54-16-11-23)56-36(44-21)35(48)46-28-7-3-6-27(32(28)41)25-5-4-8-29-26(25)9-14-47(29)38(49)37-45-22(2)31(57-37)20-43-34(40(52)53)24-12-17-55-18-13-24;;/h3-8,23-24,33-34,42-43H,9-20H2,1-2H3,(H,46,48)(H,50,51)(H,52,53);2*1H2/t33-,34-;;/m0../s1. The van der Waals surface area contributed by atoms with Crippen LogP contribution in [0.2, 0.25) is 5.02 Å². The third-order valence-corrected chi connectivity index (χ3v) is 13.7. The Labute approximate surface area is 369 Å². The van der Waals surface area contributed by atoms with E-state index in [9.17, 15) is 29.4 Å². The van der Waals surface area contributed by atoms with Crippen LogP contribution in [0.3, 0.4) is 0 Å². The summed E-state index contributed by atoms with van der Waals surface area (Å²) in [5.74, 6) is -2.54. The van der Waals surface area contributed by atoms with Crippen LogP contribution in [-0.4, -0.2) is 89.0 Å². The molecule has 2 amide bonds. The lowest BCUT2D eigenvalue weighted by Gasteiger charge is -2.28. The second kappa shape index (κ2) is 20.8. The molecule has 3 aliphatic rings. The lowest BCUT2D eigenvalue weighted by Crippen LogP contribution is -2.44. The van der Waals surface area contributed by atoms with Crippen LogP contribution < -0.4 is 20.9 Å². The van der Waals surface area contributed by atoms with Crippen molar-refractivity contribution in [2.75, 3.05) is 43.2 Å². The first kappa shape index (κ1) is 46.5. The van der Waals surface area contributed by atoms with Gasteiger partial charge in [0.15, 0.2) is 10.0 Å². The van der Waals surface area contributed by atoms with Gasteiger partial charge in [-0.15, -0.1) is 22.7 Å². The Hall–Kier alpha value is -3.59. The molecule has 0 aliphatic carbocycles. The van der Waals surface area contributed by atoms with Crippen LogP contribution in [0.15, 0.2) is 36.4 Å². The molecule has 3 aliphatic heterocycles. The van der Waals surface area contributed by atoms with Crippen molar-refractivity contribution in [3.05, 3.63) is 78.1 Å². The van der Waals surface area contributed by atoms with E-state index in [2.05, 4.69) is 25.9 Å².